The molecule has 0 aliphatic carbocycles. The van der Waals surface area contributed by atoms with Crippen LogP contribution in [-0.4, -0.2) is 46.8 Å². The second-order valence-electron chi connectivity index (χ2n) is 4.01. The molecule has 1 aromatic carbocycles. The molecule has 0 aliphatic heterocycles. The first-order valence-corrected chi connectivity index (χ1v) is 5.99. The molecule has 6 nitrogen and oxygen atoms in total. The SMILES string of the molecule is CCN(CC)C(=O)c1cc([N+](C)=O)ccc1C(=O)O. The molecule has 0 aromatic heterocycles. The highest BCUT2D eigenvalue weighted by Gasteiger charge is 2.23. The van der Waals surface area contributed by atoms with Crippen molar-refractivity contribution in [3.8, 4) is 0 Å². The Morgan fingerprint density at radius 1 is 1.21 bits per heavy atom. The number of nitroso groups, excluding NO2 is 1. The first-order valence-electron chi connectivity index (χ1n) is 5.99. The van der Waals surface area contributed by atoms with E-state index in [-0.39, 0.29) is 22.7 Å². The number of carboxylic acid groups (broad SMARTS) is 1. The number of carbonyl (C=O) groups is 2. The lowest BCUT2D eigenvalue weighted by Gasteiger charge is -2.19. The Balaban J connectivity index is 3.36. The van der Waals surface area contributed by atoms with Crippen molar-refractivity contribution in [2.45, 2.75) is 13.8 Å². The Morgan fingerprint density at radius 3 is 2.21 bits per heavy atom. The van der Waals surface area contributed by atoms with E-state index in [1.165, 1.54) is 30.1 Å². The third-order valence-electron chi connectivity index (χ3n) is 2.88. The van der Waals surface area contributed by atoms with E-state index in [0.717, 1.165) is 0 Å². The van der Waals surface area contributed by atoms with Crippen molar-refractivity contribution >= 4 is 17.6 Å². The Morgan fingerprint density at radius 2 is 1.79 bits per heavy atom. The van der Waals surface area contributed by atoms with Crippen LogP contribution >= 0.6 is 0 Å². The number of carbonyl (C=O) groups excluding carboxylic acids is 1. The minimum absolute atomic E-state index is 0.0383. The van der Waals surface area contributed by atoms with Crippen LogP contribution in [-0.2, 0) is 0 Å². The molecule has 1 N–H and O–H groups in total. The van der Waals surface area contributed by atoms with Gasteiger partial charge in [0.1, 0.15) is 0 Å². The molecule has 0 saturated carbocycles. The molecule has 6 heteroatoms. The number of hydrogen-bond donors (Lipinski definition) is 1. The van der Waals surface area contributed by atoms with Gasteiger partial charge < -0.3 is 10.0 Å². The third kappa shape index (κ3) is 3.15. The Bertz CT molecular complexity index is 521. The van der Waals surface area contributed by atoms with Crippen molar-refractivity contribution < 1.29 is 19.5 Å². The number of nitrogens with zero attached hydrogens (tertiary/aromatic N) is 2. The van der Waals surface area contributed by atoms with E-state index in [2.05, 4.69) is 0 Å². The molecule has 1 amide bonds. The molecular weight excluding hydrogens is 248 g/mol. The minimum Gasteiger partial charge on any atom is -0.478 e. The first-order chi connectivity index (χ1) is 8.92. The zero-order valence-electron chi connectivity index (χ0n) is 11.2. The number of carboxylic acids is 1. The molecular formula is C13H17N2O4+. The quantitative estimate of drug-likeness (QED) is 0.825. The highest BCUT2D eigenvalue weighted by molar-refractivity contribution is 6.05. The van der Waals surface area contributed by atoms with E-state index in [1.54, 1.807) is 0 Å². The van der Waals surface area contributed by atoms with Crippen LogP contribution in [0.1, 0.15) is 34.6 Å². The van der Waals surface area contributed by atoms with Crippen LogP contribution in [0.25, 0.3) is 0 Å². The second kappa shape index (κ2) is 6.08. The van der Waals surface area contributed by atoms with E-state index < -0.39 is 5.97 Å². The van der Waals surface area contributed by atoms with Crippen LogP contribution < -0.4 is 0 Å². The lowest BCUT2D eigenvalue weighted by atomic mass is 10.0. The monoisotopic (exact) mass is 265 g/mol. The number of amides is 1. The summed E-state index contributed by atoms with van der Waals surface area (Å²) in [5.74, 6) is -1.57. The number of rotatable bonds is 5. The smallest absolute Gasteiger partial charge is 0.336 e. The van der Waals surface area contributed by atoms with E-state index >= 15 is 0 Å². The van der Waals surface area contributed by atoms with Gasteiger partial charge in [-0.05, 0) is 19.9 Å². The van der Waals surface area contributed by atoms with Gasteiger partial charge >= 0.3 is 5.97 Å². The summed E-state index contributed by atoms with van der Waals surface area (Å²) in [5, 5.41) is 9.11. The molecule has 1 aromatic rings. The van der Waals surface area contributed by atoms with Crippen LogP contribution in [0.2, 0.25) is 0 Å². The van der Waals surface area contributed by atoms with Gasteiger partial charge in [-0.15, -0.1) is 0 Å². The predicted octanol–water partition coefficient (Wildman–Crippen LogP) is 1.91. The number of benzene rings is 1. The number of aromatic carboxylic acids is 1. The molecule has 0 atom stereocenters. The lowest BCUT2D eigenvalue weighted by Crippen LogP contribution is -2.31. The second-order valence-corrected chi connectivity index (χ2v) is 4.01. The molecule has 0 spiro atoms. The Labute approximate surface area is 111 Å². The van der Waals surface area contributed by atoms with Gasteiger partial charge in [-0.2, -0.15) is 0 Å². The molecule has 0 radical (unpaired) electrons. The molecule has 1 rings (SSSR count). The average Bonchev–Trinajstić information content (AvgIpc) is 2.39. The minimum atomic E-state index is -1.18. The Kier molecular flexibility index (Phi) is 4.74. The van der Waals surface area contributed by atoms with Crippen LogP contribution in [0, 0.1) is 4.91 Å². The van der Waals surface area contributed by atoms with Crippen molar-refractivity contribution in [2.75, 3.05) is 20.1 Å². The normalized spacial score (nSPS) is 10.1. The van der Waals surface area contributed by atoms with Crippen molar-refractivity contribution in [3.05, 3.63) is 34.2 Å². The summed E-state index contributed by atoms with van der Waals surface area (Å²) in [6.07, 6.45) is 0. The maximum atomic E-state index is 12.2. The van der Waals surface area contributed by atoms with Gasteiger partial charge in [-0.3, -0.25) is 4.79 Å². The third-order valence-corrected chi connectivity index (χ3v) is 2.88. The van der Waals surface area contributed by atoms with E-state index in [1.807, 2.05) is 13.8 Å². The molecule has 19 heavy (non-hydrogen) atoms. The zero-order valence-corrected chi connectivity index (χ0v) is 11.2. The first kappa shape index (κ1) is 14.8. The highest BCUT2D eigenvalue weighted by Crippen LogP contribution is 2.19. The van der Waals surface area contributed by atoms with Gasteiger partial charge in [0, 0.05) is 34.9 Å². The molecule has 0 bridgehead atoms. The zero-order chi connectivity index (χ0) is 14.6. The predicted molar refractivity (Wildman–Crippen MR) is 69.9 cm³/mol. The van der Waals surface area contributed by atoms with Gasteiger partial charge in [0.25, 0.3) is 11.6 Å². The summed E-state index contributed by atoms with van der Waals surface area (Å²) >= 11 is 0. The van der Waals surface area contributed by atoms with E-state index in [9.17, 15) is 14.5 Å². The highest BCUT2D eigenvalue weighted by atomic mass is 16.4. The standard InChI is InChI=1S/C13H16N2O4/c1-4-15(5-2)12(16)11-8-9(14(3)19)6-7-10(11)13(17)18/h6-8H,4-5H2,1-3H3/p+1. The summed E-state index contributed by atoms with van der Waals surface area (Å²) in [6.45, 7) is 4.58. The Hall–Kier alpha value is -2.24. The van der Waals surface area contributed by atoms with Gasteiger partial charge in [-0.25, -0.2) is 4.79 Å². The summed E-state index contributed by atoms with van der Waals surface area (Å²) in [6, 6.07) is 3.98. The summed E-state index contributed by atoms with van der Waals surface area (Å²) in [5.41, 5.74) is 0.194. The molecule has 0 fully saturated rings. The summed E-state index contributed by atoms with van der Waals surface area (Å²) < 4.78 is 0.588. The van der Waals surface area contributed by atoms with Crippen molar-refractivity contribution in [3.63, 3.8) is 0 Å². The fourth-order valence-electron chi connectivity index (χ4n) is 1.77. The molecule has 102 valence electrons. The molecule has 0 saturated heterocycles. The molecule has 0 aliphatic rings. The van der Waals surface area contributed by atoms with E-state index in [0.29, 0.717) is 17.8 Å². The van der Waals surface area contributed by atoms with E-state index in [4.69, 9.17) is 5.11 Å². The maximum absolute atomic E-state index is 12.2. The fourth-order valence-corrected chi connectivity index (χ4v) is 1.77. The average molecular weight is 265 g/mol. The van der Waals surface area contributed by atoms with Gasteiger partial charge in [0.2, 0.25) is 0 Å². The topological polar surface area (TPSA) is 77.7 Å². The lowest BCUT2D eigenvalue weighted by molar-refractivity contribution is -0.428. The van der Waals surface area contributed by atoms with Crippen molar-refractivity contribution in [1.29, 1.82) is 0 Å². The molecule has 0 heterocycles. The summed E-state index contributed by atoms with van der Waals surface area (Å²) in [7, 11) is 1.29. The van der Waals surface area contributed by atoms with Crippen LogP contribution in [0.15, 0.2) is 18.2 Å². The van der Waals surface area contributed by atoms with Crippen molar-refractivity contribution in [2.24, 2.45) is 0 Å². The van der Waals surface area contributed by atoms with Gasteiger partial charge in [0.05, 0.1) is 11.1 Å². The van der Waals surface area contributed by atoms with Crippen LogP contribution in [0.4, 0.5) is 5.69 Å². The maximum Gasteiger partial charge on any atom is 0.336 e. The number of hydrogen-bond acceptors (Lipinski definition) is 3. The largest absolute Gasteiger partial charge is 0.478 e. The molecule has 0 unspecified atom stereocenters. The van der Waals surface area contributed by atoms with Gasteiger partial charge in [0.15, 0.2) is 7.05 Å². The van der Waals surface area contributed by atoms with Crippen LogP contribution in [0.5, 0.6) is 0 Å². The van der Waals surface area contributed by atoms with Crippen LogP contribution in [0.3, 0.4) is 0 Å². The van der Waals surface area contributed by atoms with Gasteiger partial charge in [-0.1, -0.05) is 0 Å². The van der Waals surface area contributed by atoms with Crippen molar-refractivity contribution in [1.82, 2.24) is 4.90 Å². The summed E-state index contributed by atoms with van der Waals surface area (Å²) in [4.78, 5) is 36.2. The fraction of sp³-hybridized carbons (Fsp3) is 0.385.